The highest BCUT2D eigenvalue weighted by atomic mass is 35.5. The number of fused-ring (bicyclic) bond motifs is 1. The van der Waals surface area contributed by atoms with Crippen molar-refractivity contribution in [2.75, 3.05) is 19.6 Å². The smallest absolute Gasteiger partial charge is 0.0236 e. The lowest BCUT2D eigenvalue weighted by Gasteiger charge is -2.28. The van der Waals surface area contributed by atoms with E-state index in [-0.39, 0.29) is 12.4 Å². The Morgan fingerprint density at radius 3 is 2.62 bits per heavy atom. The predicted octanol–water partition coefficient (Wildman–Crippen LogP) is 2.21. The number of nitrogens with two attached hydrogens (primary N) is 1. The van der Waals surface area contributed by atoms with Crippen LogP contribution in [0.3, 0.4) is 0 Å². The molecule has 2 nitrogen and oxygen atoms in total. The fraction of sp³-hybridized carbons (Fsp3) is 0.538. The second kappa shape index (κ2) is 6.89. The normalized spacial score (nSPS) is 15.3. The lowest BCUT2D eigenvalue weighted by molar-refractivity contribution is 0.249. The average Bonchev–Trinajstić information content (AvgIpc) is 2.29. The van der Waals surface area contributed by atoms with E-state index in [0.717, 1.165) is 19.5 Å². The Bertz CT molecular complexity index is 315. The molecule has 0 unspecified atom stereocenters. The van der Waals surface area contributed by atoms with Crippen molar-refractivity contribution in [2.45, 2.75) is 25.8 Å². The van der Waals surface area contributed by atoms with Gasteiger partial charge >= 0.3 is 0 Å². The summed E-state index contributed by atoms with van der Waals surface area (Å²) in [6.07, 6.45) is 3.59. The zero-order valence-corrected chi connectivity index (χ0v) is 10.5. The molecule has 1 aromatic rings. The van der Waals surface area contributed by atoms with Crippen molar-refractivity contribution < 1.29 is 0 Å². The molecule has 2 N–H and O–H groups in total. The van der Waals surface area contributed by atoms with Gasteiger partial charge in [0.25, 0.3) is 0 Å². The minimum atomic E-state index is 0. The Balaban J connectivity index is 0.00000128. The molecule has 0 amide bonds. The second-order valence-corrected chi connectivity index (χ2v) is 4.29. The lowest BCUT2D eigenvalue weighted by Crippen LogP contribution is -2.31. The summed E-state index contributed by atoms with van der Waals surface area (Å²) in [6, 6.07) is 8.79. The van der Waals surface area contributed by atoms with Crippen molar-refractivity contribution in [1.29, 1.82) is 0 Å². The fourth-order valence-corrected chi connectivity index (χ4v) is 2.22. The van der Waals surface area contributed by atoms with Crippen molar-refractivity contribution in [2.24, 2.45) is 5.73 Å². The van der Waals surface area contributed by atoms with Crippen LogP contribution in [0.1, 0.15) is 24.0 Å². The molecule has 3 heteroatoms. The molecule has 16 heavy (non-hydrogen) atoms. The summed E-state index contributed by atoms with van der Waals surface area (Å²) in [7, 11) is 0. The first-order chi connectivity index (χ1) is 7.40. The van der Waals surface area contributed by atoms with Gasteiger partial charge in [0.15, 0.2) is 0 Å². The van der Waals surface area contributed by atoms with Crippen LogP contribution in [-0.2, 0) is 13.0 Å². The highest BCUT2D eigenvalue weighted by Gasteiger charge is 2.14. The molecule has 0 radical (unpaired) electrons. The number of rotatable bonds is 4. The van der Waals surface area contributed by atoms with Crippen LogP contribution in [0.5, 0.6) is 0 Å². The van der Waals surface area contributed by atoms with Gasteiger partial charge in [0.1, 0.15) is 0 Å². The second-order valence-electron chi connectivity index (χ2n) is 4.29. The Morgan fingerprint density at radius 1 is 1.12 bits per heavy atom. The van der Waals surface area contributed by atoms with E-state index in [4.69, 9.17) is 5.73 Å². The molecule has 1 aliphatic heterocycles. The summed E-state index contributed by atoms with van der Waals surface area (Å²) in [6.45, 7) is 4.36. The van der Waals surface area contributed by atoms with Crippen molar-refractivity contribution in [3.05, 3.63) is 35.4 Å². The van der Waals surface area contributed by atoms with Gasteiger partial charge in [0.05, 0.1) is 0 Å². The Hall–Kier alpha value is -0.570. The van der Waals surface area contributed by atoms with Gasteiger partial charge in [-0.1, -0.05) is 24.3 Å². The van der Waals surface area contributed by atoms with Crippen LogP contribution in [0.4, 0.5) is 0 Å². The van der Waals surface area contributed by atoms with E-state index in [9.17, 15) is 0 Å². The Labute approximate surface area is 104 Å². The molecule has 0 saturated carbocycles. The molecule has 1 aromatic carbocycles. The van der Waals surface area contributed by atoms with Crippen LogP contribution in [-0.4, -0.2) is 24.5 Å². The zero-order chi connectivity index (χ0) is 10.5. The SMILES string of the molecule is Cl.NCCCCN1CCc2ccccc2C1. The maximum absolute atomic E-state index is 5.50. The van der Waals surface area contributed by atoms with Crippen LogP contribution < -0.4 is 5.73 Å². The lowest BCUT2D eigenvalue weighted by atomic mass is 10.00. The molecule has 1 heterocycles. The number of hydrogen-bond acceptors (Lipinski definition) is 2. The van der Waals surface area contributed by atoms with Gasteiger partial charge < -0.3 is 5.73 Å². The molecule has 90 valence electrons. The van der Waals surface area contributed by atoms with Crippen LogP contribution in [0.15, 0.2) is 24.3 Å². The third-order valence-electron chi connectivity index (χ3n) is 3.14. The van der Waals surface area contributed by atoms with Gasteiger partial charge in [0, 0.05) is 13.1 Å². The van der Waals surface area contributed by atoms with E-state index in [0.29, 0.717) is 0 Å². The molecular formula is C13H21ClN2. The maximum atomic E-state index is 5.50. The average molecular weight is 241 g/mol. The third kappa shape index (κ3) is 3.48. The monoisotopic (exact) mass is 240 g/mol. The van der Waals surface area contributed by atoms with Gasteiger partial charge in [0.2, 0.25) is 0 Å². The van der Waals surface area contributed by atoms with Crippen molar-refractivity contribution in [3.63, 3.8) is 0 Å². The molecule has 0 atom stereocenters. The van der Waals surface area contributed by atoms with Crippen molar-refractivity contribution in [3.8, 4) is 0 Å². The molecule has 0 spiro atoms. The van der Waals surface area contributed by atoms with Gasteiger partial charge in [-0.2, -0.15) is 0 Å². The van der Waals surface area contributed by atoms with Crippen molar-refractivity contribution >= 4 is 12.4 Å². The highest BCUT2D eigenvalue weighted by molar-refractivity contribution is 5.85. The molecule has 1 aliphatic rings. The predicted molar refractivity (Wildman–Crippen MR) is 71.0 cm³/mol. The van der Waals surface area contributed by atoms with Gasteiger partial charge in [-0.25, -0.2) is 0 Å². The standard InChI is InChI=1S/C13H20N2.ClH/c14-8-3-4-9-15-10-7-12-5-1-2-6-13(12)11-15;/h1-2,5-6H,3-4,7-11,14H2;1H. The minimum absolute atomic E-state index is 0. The molecular weight excluding hydrogens is 220 g/mol. The van der Waals surface area contributed by atoms with Crippen LogP contribution in [0.2, 0.25) is 0 Å². The third-order valence-corrected chi connectivity index (χ3v) is 3.14. The van der Waals surface area contributed by atoms with E-state index in [1.165, 1.54) is 37.1 Å². The van der Waals surface area contributed by atoms with Crippen LogP contribution in [0, 0.1) is 0 Å². The quantitative estimate of drug-likeness (QED) is 0.818. The molecule has 0 saturated heterocycles. The summed E-state index contributed by atoms with van der Waals surface area (Å²) in [5.74, 6) is 0. The summed E-state index contributed by atoms with van der Waals surface area (Å²) in [5.41, 5.74) is 8.55. The summed E-state index contributed by atoms with van der Waals surface area (Å²) in [5, 5.41) is 0. The molecule has 0 bridgehead atoms. The van der Waals surface area contributed by atoms with Crippen LogP contribution >= 0.6 is 12.4 Å². The van der Waals surface area contributed by atoms with E-state index in [2.05, 4.69) is 29.2 Å². The Kier molecular flexibility index (Phi) is 5.81. The van der Waals surface area contributed by atoms with Gasteiger partial charge in [-0.15, -0.1) is 12.4 Å². The Morgan fingerprint density at radius 2 is 1.88 bits per heavy atom. The summed E-state index contributed by atoms with van der Waals surface area (Å²) >= 11 is 0. The highest BCUT2D eigenvalue weighted by Crippen LogP contribution is 2.18. The summed E-state index contributed by atoms with van der Waals surface area (Å²) < 4.78 is 0. The fourth-order valence-electron chi connectivity index (χ4n) is 2.22. The molecule has 0 aromatic heterocycles. The van der Waals surface area contributed by atoms with E-state index in [1.807, 2.05) is 0 Å². The maximum Gasteiger partial charge on any atom is 0.0236 e. The molecule has 0 aliphatic carbocycles. The number of unbranched alkanes of at least 4 members (excludes halogenated alkanes) is 1. The summed E-state index contributed by atoms with van der Waals surface area (Å²) in [4.78, 5) is 2.54. The van der Waals surface area contributed by atoms with E-state index < -0.39 is 0 Å². The molecule has 2 rings (SSSR count). The molecule has 0 fully saturated rings. The largest absolute Gasteiger partial charge is 0.330 e. The van der Waals surface area contributed by atoms with E-state index in [1.54, 1.807) is 0 Å². The van der Waals surface area contributed by atoms with Gasteiger partial charge in [-0.05, 0) is 43.5 Å². The first-order valence-electron chi connectivity index (χ1n) is 5.89. The first-order valence-corrected chi connectivity index (χ1v) is 5.89. The van der Waals surface area contributed by atoms with Gasteiger partial charge in [-0.3, -0.25) is 4.90 Å². The van der Waals surface area contributed by atoms with Crippen molar-refractivity contribution in [1.82, 2.24) is 4.90 Å². The number of halogens is 1. The van der Waals surface area contributed by atoms with E-state index >= 15 is 0 Å². The minimum Gasteiger partial charge on any atom is -0.330 e. The number of benzene rings is 1. The number of nitrogens with zero attached hydrogens (tertiary/aromatic N) is 1. The zero-order valence-electron chi connectivity index (χ0n) is 9.69. The number of hydrogen-bond donors (Lipinski definition) is 1. The first kappa shape index (κ1) is 13.5. The van der Waals surface area contributed by atoms with Crippen LogP contribution in [0.25, 0.3) is 0 Å². The topological polar surface area (TPSA) is 29.3 Å².